The molecular weight excluding hydrogens is 275 g/mol. The van der Waals surface area contributed by atoms with Gasteiger partial charge in [0.2, 0.25) is 0 Å². The lowest BCUT2D eigenvalue weighted by atomic mass is 9.84. The van der Waals surface area contributed by atoms with E-state index in [-0.39, 0.29) is 0 Å². The van der Waals surface area contributed by atoms with Crippen LogP contribution in [-0.4, -0.2) is 7.85 Å². The van der Waals surface area contributed by atoms with Crippen molar-refractivity contribution in [2.45, 2.75) is 0 Å². The van der Waals surface area contributed by atoms with E-state index in [1.165, 1.54) is 48.9 Å². The number of hydrogen-bond donors (Lipinski definition) is 0. The molecule has 0 radical (unpaired) electrons. The second-order valence-electron chi connectivity index (χ2n) is 6.28. The van der Waals surface area contributed by atoms with Gasteiger partial charge in [-0.1, -0.05) is 84.3 Å². The average Bonchev–Trinajstić information content (AvgIpc) is 2.62. The zero-order valence-corrected chi connectivity index (χ0v) is 13.0. The molecular formula is C22H15B. The molecule has 0 aliphatic heterocycles. The largest absolute Gasteiger partial charge is 0.140 e. The molecule has 0 amide bonds. The molecule has 0 spiro atoms. The summed E-state index contributed by atoms with van der Waals surface area (Å²) in [5.41, 5.74) is 3.94. The molecule has 0 heterocycles. The molecule has 23 heavy (non-hydrogen) atoms. The third-order valence-electron chi connectivity index (χ3n) is 4.97. The molecule has 0 nitrogen and oxygen atoms in total. The van der Waals surface area contributed by atoms with E-state index in [0.717, 1.165) is 0 Å². The molecule has 5 rings (SSSR count). The second kappa shape index (κ2) is 4.60. The highest BCUT2D eigenvalue weighted by Crippen LogP contribution is 2.38. The molecule has 0 saturated carbocycles. The first-order valence-corrected chi connectivity index (χ1v) is 8.05. The quantitative estimate of drug-likeness (QED) is 0.315. The molecule has 0 unspecified atom stereocenters. The predicted molar refractivity (Wildman–Crippen MR) is 104 cm³/mol. The van der Waals surface area contributed by atoms with Gasteiger partial charge < -0.3 is 0 Å². The minimum absolute atomic E-state index is 1.28. The maximum Gasteiger partial charge on any atom is 0.140 e. The van der Waals surface area contributed by atoms with E-state index in [2.05, 4.69) is 86.7 Å². The third-order valence-corrected chi connectivity index (χ3v) is 4.97. The van der Waals surface area contributed by atoms with Gasteiger partial charge in [-0.05, 0) is 43.4 Å². The summed E-state index contributed by atoms with van der Waals surface area (Å²) in [4.78, 5) is 0. The van der Waals surface area contributed by atoms with Crippen molar-refractivity contribution in [3.8, 4) is 11.1 Å². The van der Waals surface area contributed by atoms with Gasteiger partial charge >= 0.3 is 0 Å². The van der Waals surface area contributed by atoms with E-state index in [1.807, 2.05) is 0 Å². The number of rotatable bonds is 1. The fourth-order valence-corrected chi connectivity index (χ4v) is 3.82. The lowest BCUT2D eigenvalue weighted by Gasteiger charge is -2.15. The van der Waals surface area contributed by atoms with Gasteiger partial charge in [0.1, 0.15) is 7.85 Å². The van der Waals surface area contributed by atoms with Crippen molar-refractivity contribution < 1.29 is 0 Å². The van der Waals surface area contributed by atoms with E-state index in [1.54, 1.807) is 0 Å². The van der Waals surface area contributed by atoms with Crippen LogP contribution in [0.5, 0.6) is 0 Å². The van der Waals surface area contributed by atoms with Crippen molar-refractivity contribution in [3.05, 3.63) is 78.9 Å². The third kappa shape index (κ3) is 1.74. The predicted octanol–water partition coefficient (Wildman–Crippen LogP) is 4.51. The van der Waals surface area contributed by atoms with Crippen LogP contribution < -0.4 is 5.46 Å². The highest BCUT2D eigenvalue weighted by Gasteiger charge is 2.12. The number of hydrogen-bond acceptors (Lipinski definition) is 0. The fourth-order valence-electron chi connectivity index (χ4n) is 3.82. The Hall–Kier alpha value is -2.80. The Balaban J connectivity index is 2.03. The van der Waals surface area contributed by atoms with Crippen molar-refractivity contribution in [2.75, 3.05) is 0 Å². The molecule has 0 N–H and O–H groups in total. The van der Waals surface area contributed by atoms with Gasteiger partial charge in [-0.3, -0.25) is 0 Å². The van der Waals surface area contributed by atoms with Crippen molar-refractivity contribution in [1.82, 2.24) is 0 Å². The topological polar surface area (TPSA) is 0 Å². The average molecular weight is 290 g/mol. The van der Waals surface area contributed by atoms with E-state index in [9.17, 15) is 0 Å². The Kier molecular flexibility index (Phi) is 2.54. The van der Waals surface area contributed by atoms with Crippen LogP contribution in [0.1, 0.15) is 0 Å². The van der Waals surface area contributed by atoms with Crippen LogP contribution in [0.25, 0.3) is 43.4 Å². The van der Waals surface area contributed by atoms with Crippen LogP contribution in [0.2, 0.25) is 0 Å². The Morgan fingerprint density at radius 3 is 1.91 bits per heavy atom. The zero-order chi connectivity index (χ0) is 15.4. The zero-order valence-electron chi connectivity index (χ0n) is 13.0. The summed E-state index contributed by atoms with van der Waals surface area (Å²) in [6, 6.07) is 28.7. The minimum atomic E-state index is 1.28. The molecule has 0 fully saturated rings. The molecule has 0 aliphatic rings. The molecule has 106 valence electrons. The van der Waals surface area contributed by atoms with E-state index in [0.29, 0.717) is 0 Å². The van der Waals surface area contributed by atoms with Crippen molar-refractivity contribution in [1.29, 1.82) is 0 Å². The van der Waals surface area contributed by atoms with Gasteiger partial charge in [0.25, 0.3) is 0 Å². The van der Waals surface area contributed by atoms with E-state index in [4.69, 9.17) is 0 Å². The van der Waals surface area contributed by atoms with Crippen LogP contribution in [-0.2, 0) is 0 Å². The van der Waals surface area contributed by atoms with Gasteiger partial charge in [0, 0.05) is 0 Å². The second-order valence-corrected chi connectivity index (χ2v) is 6.28. The lowest BCUT2D eigenvalue weighted by Crippen LogP contribution is -2.03. The first-order chi connectivity index (χ1) is 11.3. The summed E-state index contributed by atoms with van der Waals surface area (Å²) in [7, 11) is 2.20. The standard InChI is InChI=1S/C22H15B/c23-20-13-9-16-7-11-18-17(14-4-2-1-3-5-14)10-6-15-8-12-19(20)22(16)21(15)18/h1-13H,23H2. The van der Waals surface area contributed by atoms with Crippen molar-refractivity contribution >= 4 is 45.6 Å². The van der Waals surface area contributed by atoms with Crippen LogP contribution >= 0.6 is 0 Å². The molecule has 5 aromatic rings. The number of benzene rings is 5. The van der Waals surface area contributed by atoms with E-state index >= 15 is 0 Å². The summed E-state index contributed by atoms with van der Waals surface area (Å²) in [5.74, 6) is 0. The smallest absolute Gasteiger partial charge is 0.0812 e. The van der Waals surface area contributed by atoms with Gasteiger partial charge in [0.05, 0.1) is 0 Å². The van der Waals surface area contributed by atoms with Gasteiger partial charge in [0.15, 0.2) is 0 Å². The summed E-state index contributed by atoms with van der Waals surface area (Å²) in [6.07, 6.45) is 0. The highest BCUT2D eigenvalue weighted by atomic mass is 14.1. The highest BCUT2D eigenvalue weighted by molar-refractivity contribution is 6.42. The maximum atomic E-state index is 2.28. The first kappa shape index (κ1) is 12.7. The molecule has 1 heteroatoms. The minimum Gasteiger partial charge on any atom is -0.0812 e. The molecule has 0 bridgehead atoms. The summed E-state index contributed by atoms with van der Waals surface area (Å²) >= 11 is 0. The molecule has 0 aromatic heterocycles. The molecule has 5 aromatic carbocycles. The summed E-state index contributed by atoms with van der Waals surface area (Å²) in [5, 5.41) is 8.16. The SMILES string of the molecule is Bc1ccc2ccc3c(-c4ccccc4)ccc4ccc1c2c43. The Bertz CT molecular complexity index is 1160. The van der Waals surface area contributed by atoms with Gasteiger partial charge in [-0.2, -0.15) is 0 Å². The maximum absolute atomic E-state index is 2.28. The van der Waals surface area contributed by atoms with Gasteiger partial charge in [-0.25, -0.2) is 0 Å². The summed E-state index contributed by atoms with van der Waals surface area (Å²) < 4.78 is 0. The Morgan fingerprint density at radius 1 is 0.522 bits per heavy atom. The molecule has 0 saturated heterocycles. The van der Waals surface area contributed by atoms with Gasteiger partial charge in [-0.15, -0.1) is 0 Å². The van der Waals surface area contributed by atoms with Crippen molar-refractivity contribution in [3.63, 3.8) is 0 Å². The monoisotopic (exact) mass is 290 g/mol. The van der Waals surface area contributed by atoms with Crippen molar-refractivity contribution in [2.24, 2.45) is 0 Å². The molecule has 0 atom stereocenters. The Morgan fingerprint density at radius 2 is 1.13 bits per heavy atom. The fraction of sp³-hybridized carbons (Fsp3) is 0. The lowest BCUT2D eigenvalue weighted by molar-refractivity contribution is 1.67. The Labute approximate surface area is 136 Å². The first-order valence-electron chi connectivity index (χ1n) is 8.05. The molecule has 0 aliphatic carbocycles. The van der Waals surface area contributed by atoms with E-state index < -0.39 is 0 Å². The summed E-state index contributed by atoms with van der Waals surface area (Å²) in [6.45, 7) is 0. The van der Waals surface area contributed by atoms with Crippen LogP contribution in [0.15, 0.2) is 78.9 Å². The van der Waals surface area contributed by atoms with Crippen LogP contribution in [0.3, 0.4) is 0 Å². The normalized spacial score (nSPS) is 11.7. The van der Waals surface area contributed by atoms with Crippen LogP contribution in [0, 0.1) is 0 Å². The van der Waals surface area contributed by atoms with Crippen LogP contribution in [0.4, 0.5) is 0 Å².